The van der Waals surface area contributed by atoms with Crippen LogP contribution < -0.4 is 21.7 Å². The molecular weight excluding hydrogens is 272 g/mol. The van der Waals surface area contributed by atoms with Gasteiger partial charge in [0.1, 0.15) is 0 Å². The second-order valence-electron chi connectivity index (χ2n) is 6.26. The molecule has 7 heteroatoms. The Hall–Kier alpha value is -1.47. The smallest absolute Gasteiger partial charge is 0.245 e. The quantitative estimate of drug-likeness (QED) is 0.516. The molecule has 1 saturated heterocycles. The third kappa shape index (κ3) is 5.81. The van der Waals surface area contributed by atoms with Gasteiger partial charge in [0.05, 0.1) is 18.1 Å². The molecule has 0 spiro atoms. The maximum Gasteiger partial charge on any atom is 0.245 e. The molecule has 2 atom stereocenters. The molecule has 1 heterocycles. The maximum atomic E-state index is 11.9. The number of rotatable bonds is 6. The van der Waals surface area contributed by atoms with Gasteiger partial charge in [-0.3, -0.25) is 19.7 Å². The number of nitrogens with one attached hydrogen (secondary N) is 3. The van der Waals surface area contributed by atoms with Crippen molar-refractivity contribution in [3.05, 3.63) is 0 Å². The molecule has 0 aliphatic carbocycles. The van der Waals surface area contributed by atoms with Gasteiger partial charge in [-0.2, -0.15) is 0 Å². The molecule has 120 valence electrons. The number of amides is 3. The molecule has 0 radical (unpaired) electrons. The van der Waals surface area contributed by atoms with E-state index >= 15 is 0 Å². The SMILES string of the molecule is CC(C)C[C@](C)(N)C(=O)NCC(=O)NC(=O)[C@H]1CCCN1. The summed E-state index contributed by atoms with van der Waals surface area (Å²) >= 11 is 0. The summed E-state index contributed by atoms with van der Waals surface area (Å²) in [5.41, 5.74) is 4.91. The summed E-state index contributed by atoms with van der Waals surface area (Å²) in [5, 5.41) is 7.75. The van der Waals surface area contributed by atoms with Crippen molar-refractivity contribution in [3.63, 3.8) is 0 Å². The van der Waals surface area contributed by atoms with Crippen molar-refractivity contribution in [1.29, 1.82) is 0 Å². The standard InChI is InChI=1S/C14H26N4O3/c1-9(2)7-14(3,15)13(21)17-8-11(19)18-12(20)10-5-4-6-16-10/h9-10,16H,4-8,15H2,1-3H3,(H,17,21)(H,18,19,20)/t10-,14+/m1/s1. The van der Waals surface area contributed by atoms with Crippen LogP contribution in [0.2, 0.25) is 0 Å². The van der Waals surface area contributed by atoms with Crippen LogP contribution in [0.25, 0.3) is 0 Å². The van der Waals surface area contributed by atoms with Crippen molar-refractivity contribution in [1.82, 2.24) is 16.0 Å². The lowest BCUT2D eigenvalue weighted by atomic mass is 9.91. The maximum absolute atomic E-state index is 11.9. The Balaban J connectivity index is 2.35. The molecule has 0 aromatic heterocycles. The first-order valence-electron chi connectivity index (χ1n) is 7.36. The molecule has 1 fully saturated rings. The molecule has 0 bridgehead atoms. The van der Waals surface area contributed by atoms with Crippen LogP contribution in [0.4, 0.5) is 0 Å². The van der Waals surface area contributed by atoms with Crippen LogP contribution in [-0.2, 0) is 14.4 Å². The van der Waals surface area contributed by atoms with Gasteiger partial charge in [-0.05, 0) is 38.6 Å². The molecular formula is C14H26N4O3. The zero-order valence-electron chi connectivity index (χ0n) is 13.0. The minimum atomic E-state index is -1.02. The number of hydrogen-bond donors (Lipinski definition) is 4. The first-order valence-corrected chi connectivity index (χ1v) is 7.36. The number of hydrogen-bond acceptors (Lipinski definition) is 5. The molecule has 5 N–H and O–H groups in total. The fraction of sp³-hybridized carbons (Fsp3) is 0.786. The minimum Gasteiger partial charge on any atom is -0.345 e. The van der Waals surface area contributed by atoms with Gasteiger partial charge in [-0.15, -0.1) is 0 Å². The van der Waals surface area contributed by atoms with E-state index in [2.05, 4.69) is 16.0 Å². The Morgan fingerprint density at radius 2 is 2.05 bits per heavy atom. The lowest BCUT2D eigenvalue weighted by Crippen LogP contribution is -2.54. The molecule has 0 aromatic carbocycles. The zero-order valence-corrected chi connectivity index (χ0v) is 13.0. The van der Waals surface area contributed by atoms with Crippen molar-refractivity contribution < 1.29 is 14.4 Å². The highest BCUT2D eigenvalue weighted by Crippen LogP contribution is 2.13. The van der Waals surface area contributed by atoms with Gasteiger partial charge < -0.3 is 16.4 Å². The second-order valence-corrected chi connectivity index (χ2v) is 6.26. The van der Waals surface area contributed by atoms with Crippen LogP contribution in [0.1, 0.15) is 40.0 Å². The first-order chi connectivity index (χ1) is 9.72. The highest BCUT2D eigenvalue weighted by Gasteiger charge is 2.29. The molecule has 21 heavy (non-hydrogen) atoms. The molecule has 1 rings (SSSR count). The summed E-state index contributed by atoms with van der Waals surface area (Å²) in [6, 6.07) is -0.314. The van der Waals surface area contributed by atoms with Crippen LogP contribution in [0.3, 0.4) is 0 Å². The van der Waals surface area contributed by atoms with Gasteiger partial charge in [0.2, 0.25) is 17.7 Å². The Bertz CT molecular complexity index is 401. The summed E-state index contributed by atoms with van der Waals surface area (Å²) in [7, 11) is 0. The van der Waals surface area contributed by atoms with Gasteiger partial charge in [0.15, 0.2) is 0 Å². The van der Waals surface area contributed by atoms with Gasteiger partial charge in [0.25, 0.3) is 0 Å². The lowest BCUT2D eigenvalue weighted by molar-refractivity contribution is -0.133. The average molecular weight is 298 g/mol. The van der Waals surface area contributed by atoms with Crippen LogP contribution in [0.15, 0.2) is 0 Å². The van der Waals surface area contributed by atoms with E-state index in [-0.39, 0.29) is 24.4 Å². The molecule has 1 aliphatic rings. The predicted octanol–water partition coefficient (Wildman–Crippen LogP) is -0.739. The summed E-state index contributed by atoms with van der Waals surface area (Å²) in [6.07, 6.45) is 2.16. The molecule has 0 aromatic rings. The summed E-state index contributed by atoms with van der Waals surface area (Å²) in [4.78, 5) is 35.3. The number of carbonyl (C=O) groups excluding carboxylic acids is 3. The van der Waals surface area contributed by atoms with E-state index in [1.807, 2.05) is 13.8 Å². The molecule has 0 unspecified atom stereocenters. The summed E-state index contributed by atoms with van der Waals surface area (Å²) < 4.78 is 0. The predicted molar refractivity (Wildman–Crippen MR) is 79.2 cm³/mol. The van der Waals surface area contributed by atoms with Crippen molar-refractivity contribution >= 4 is 17.7 Å². The van der Waals surface area contributed by atoms with Gasteiger partial charge >= 0.3 is 0 Å². The third-order valence-electron chi connectivity index (χ3n) is 3.40. The minimum absolute atomic E-state index is 0.248. The average Bonchev–Trinajstić information content (AvgIpc) is 2.88. The monoisotopic (exact) mass is 298 g/mol. The van der Waals surface area contributed by atoms with Crippen molar-refractivity contribution in [3.8, 4) is 0 Å². The van der Waals surface area contributed by atoms with Gasteiger partial charge in [-0.25, -0.2) is 0 Å². The highest BCUT2D eigenvalue weighted by atomic mass is 16.2. The molecule has 7 nitrogen and oxygen atoms in total. The van der Waals surface area contributed by atoms with E-state index in [9.17, 15) is 14.4 Å². The van der Waals surface area contributed by atoms with Crippen molar-refractivity contribution in [2.45, 2.75) is 51.6 Å². The highest BCUT2D eigenvalue weighted by molar-refractivity contribution is 6.00. The van der Waals surface area contributed by atoms with E-state index < -0.39 is 17.4 Å². The number of imide groups is 1. The summed E-state index contributed by atoms with van der Waals surface area (Å²) in [6.45, 7) is 6.11. The molecule has 3 amide bonds. The Labute approximate surface area is 125 Å². The van der Waals surface area contributed by atoms with Gasteiger partial charge in [0, 0.05) is 0 Å². The third-order valence-corrected chi connectivity index (χ3v) is 3.40. The van der Waals surface area contributed by atoms with Crippen LogP contribution >= 0.6 is 0 Å². The van der Waals surface area contributed by atoms with E-state index in [0.29, 0.717) is 6.42 Å². The van der Waals surface area contributed by atoms with Crippen LogP contribution in [-0.4, -0.2) is 42.4 Å². The largest absolute Gasteiger partial charge is 0.345 e. The van der Waals surface area contributed by atoms with Gasteiger partial charge in [-0.1, -0.05) is 13.8 Å². The van der Waals surface area contributed by atoms with Crippen molar-refractivity contribution in [2.24, 2.45) is 11.7 Å². The molecule has 1 aliphatic heterocycles. The summed E-state index contributed by atoms with van der Waals surface area (Å²) in [5.74, 6) is -0.987. The Morgan fingerprint density at radius 3 is 2.57 bits per heavy atom. The van der Waals surface area contributed by atoms with Crippen molar-refractivity contribution in [2.75, 3.05) is 13.1 Å². The first kappa shape index (κ1) is 17.6. The van der Waals surface area contributed by atoms with Crippen LogP contribution in [0.5, 0.6) is 0 Å². The van der Waals surface area contributed by atoms with E-state index in [0.717, 1.165) is 19.4 Å². The van der Waals surface area contributed by atoms with E-state index in [1.54, 1.807) is 6.92 Å². The number of nitrogens with two attached hydrogens (primary N) is 1. The lowest BCUT2D eigenvalue weighted by Gasteiger charge is -2.25. The van der Waals surface area contributed by atoms with E-state index in [4.69, 9.17) is 5.73 Å². The number of carbonyl (C=O) groups is 3. The van der Waals surface area contributed by atoms with E-state index in [1.165, 1.54) is 0 Å². The molecule has 0 saturated carbocycles. The Kier molecular flexibility index (Phi) is 6.29. The van der Waals surface area contributed by atoms with Crippen LogP contribution in [0, 0.1) is 5.92 Å². The zero-order chi connectivity index (χ0) is 16.0. The fourth-order valence-electron chi connectivity index (χ4n) is 2.48. The normalized spacial score (nSPS) is 20.9. The second kappa shape index (κ2) is 7.51. The Morgan fingerprint density at radius 1 is 1.38 bits per heavy atom. The topological polar surface area (TPSA) is 113 Å². The fourth-order valence-corrected chi connectivity index (χ4v) is 2.48.